The lowest BCUT2D eigenvalue weighted by Crippen LogP contribution is -2.07. The van der Waals surface area contributed by atoms with Crippen LogP contribution in [0.25, 0.3) is 11.3 Å². The highest BCUT2D eigenvalue weighted by atomic mass is 79.9. The fourth-order valence-electron chi connectivity index (χ4n) is 2.45. The zero-order chi connectivity index (χ0) is 17.6. The van der Waals surface area contributed by atoms with Gasteiger partial charge in [0.05, 0.1) is 12.9 Å². The van der Waals surface area contributed by atoms with Crippen LogP contribution in [0.1, 0.15) is 11.1 Å². The Bertz CT molecular complexity index is 876. The predicted octanol–water partition coefficient (Wildman–Crippen LogP) is 4.42. The number of aromatic nitrogens is 2. The molecule has 0 spiro atoms. The van der Waals surface area contributed by atoms with Crippen LogP contribution in [0, 0.1) is 10.1 Å². The van der Waals surface area contributed by atoms with Gasteiger partial charge < -0.3 is 4.57 Å². The molecular formula is C18H14BrN3O3. The van der Waals surface area contributed by atoms with E-state index in [1.807, 2.05) is 47.0 Å². The monoisotopic (exact) mass is 399 g/mol. The van der Waals surface area contributed by atoms with Crippen LogP contribution < -0.4 is 0 Å². The molecule has 0 saturated carbocycles. The fourth-order valence-corrected chi connectivity index (χ4v) is 2.72. The molecule has 0 amide bonds. The Morgan fingerprint density at radius 3 is 2.44 bits per heavy atom. The maximum Gasteiger partial charge on any atom is 0.299 e. The first-order valence-corrected chi connectivity index (χ1v) is 8.25. The minimum Gasteiger partial charge on any atom is -0.333 e. The second kappa shape index (κ2) is 7.76. The Hall–Kier alpha value is -2.93. The van der Waals surface area contributed by atoms with Gasteiger partial charge in [0.25, 0.3) is 5.09 Å². The van der Waals surface area contributed by atoms with E-state index in [2.05, 4.69) is 20.9 Å². The third-order valence-corrected chi connectivity index (χ3v) is 4.10. The van der Waals surface area contributed by atoms with E-state index in [1.165, 1.54) is 0 Å². The number of halogens is 1. The predicted molar refractivity (Wildman–Crippen MR) is 97.7 cm³/mol. The smallest absolute Gasteiger partial charge is 0.299 e. The summed E-state index contributed by atoms with van der Waals surface area (Å²) in [6, 6.07) is 16.6. The van der Waals surface area contributed by atoms with E-state index in [1.54, 1.807) is 30.9 Å². The maximum atomic E-state index is 11.1. The molecular weight excluding hydrogens is 386 g/mol. The number of benzene rings is 2. The molecule has 1 heterocycles. The molecule has 0 bridgehead atoms. The third-order valence-electron chi connectivity index (χ3n) is 3.57. The van der Waals surface area contributed by atoms with E-state index >= 15 is 0 Å². The minimum absolute atomic E-state index is 0.206. The molecule has 7 heteroatoms. The molecule has 25 heavy (non-hydrogen) atoms. The number of nitrogens with zero attached hydrogens (tertiary/aromatic N) is 3. The van der Waals surface area contributed by atoms with Crippen molar-refractivity contribution in [3.63, 3.8) is 0 Å². The number of hydrogen-bond acceptors (Lipinski definition) is 4. The Morgan fingerprint density at radius 1 is 1.12 bits per heavy atom. The molecule has 0 radical (unpaired) electrons. The van der Waals surface area contributed by atoms with E-state index < -0.39 is 5.09 Å². The Labute approximate surface area is 152 Å². The van der Waals surface area contributed by atoms with Gasteiger partial charge in [-0.25, -0.2) is 4.98 Å². The molecule has 0 saturated heterocycles. The normalized spacial score (nSPS) is 11.7. The van der Waals surface area contributed by atoms with Gasteiger partial charge in [-0.1, -0.05) is 58.4 Å². The van der Waals surface area contributed by atoms with Gasteiger partial charge in [-0.3, -0.25) is 4.84 Å². The lowest BCUT2D eigenvalue weighted by Gasteiger charge is -2.15. The van der Waals surface area contributed by atoms with Crippen LogP contribution in [0.4, 0.5) is 0 Å². The third kappa shape index (κ3) is 4.33. The van der Waals surface area contributed by atoms with Crippen molar-refractivity contribution in [2.75, 3.05) is 0 Å². The average molecular weight is 400 g/mol. The zero-order valence-electron chi connectivity index (χ0n) is 13.1. The van der Waals surface area contributed by atoms with Crippen LogP contribution >= 0.6 is 15.9 Å². The lowest BCUT2D eigenvalue weighted by molar-refractivity contribution is -0.730. The molecule has 0 atom stereocenters. The summed E-state index contributed by atoms with van der Waals surface area (Å²) >= 11 is 3.37. The summed E-state index contributed by atoms with van der Waals surface area (Å²) in [7, 11) is 0. The summed E-state index contributed by atoms with van der Waals surface area (Å²) in [6.07, 6.45) is 5.12. The van der Waals surface area contributed by atoms with Crippen molar-refractivity contribution in [2.24, 2.45) is 0 Å². The molecule has 3 aromatic rings. The second-order valence-corrected chi connectivity index (χ2v) is 6.15. The van der Waals surface area contributed by atoms with Gasteiger partial charge in [0.2, 0.25) is 0 Å². The summed E-state index contributed by atoms with van der Waals surface area (Å²) in [5.41, 5.74) is 2.16. The Kier molecular flexibility index (Phi) is 5.25. The van der Waals surface area contributed by atoms with E-state index in [0.717, 1.165) is 10.0 Å². The average Bonchev–Trinajstić information content (AvgIpc) is 3.12. The van der Waals surface area contributed by atoms with Crippen LogP contribution in [-0.4, -0.2) is 14.6 Å². The van der Waals surface area contributed by atoms with Gasteiger partial charge in [-0.2, -0.15) is 0 Å². The van der Waals surface area contributed by atoms with Gasteiger partial charge in [-0.15, -0.1) is 10.1 Å². The highest BCUT2D eigenvalue weighted by Crippen LogP contribution is 2.30. The quantitative estimate of drug-likeness (QED) is 0.266. The number of imidazole rings is 1. The van der Waals surface area contributed by atoms with Gasteiger partial charge in [-0.05, 0) is 17.7 Å². The van der Waals surface area contributed by atoms with Crippen molar-refractivity contribution < 1.29 is 9.92 Å². The molecule has 0 N–H and O–H groups in total. The molecule has 3 rings (SSSR count). The summed E-state index contributed by atoms with van der Waals surface area (Å²) in [4.78, 5) is 20.1. The van der Waals surface area contributed by atoms with Crippen LogP contribution in [-0.2, 0) is 11.4 Å². The van der Waals surface area contributed by atoms with Gasteiger partial charge in [0, 0.05) is 28.0 Å². The first-order chi connectivity index (χ1) is 12.1. The Balaban J connectivity index is 2.17. The molecule has 0 unspecified atom stereocenters. The van der Waals surface area contributed by atoms with Crippen LogP contribution in [0.15, 0.2) is 77.8 Å². The maximum absolute atomic E-state index is 11.1. The number of hydrogen-bond donors (Lipinski definition) is 0. The van der Waals surface area contributed by atoms with Crippen molar-refractivity contribution in [1.29, 1.82) is 0 Å². The van der Waals surface area contributed by atoms with Crippen molar-refractivity contribution in [1.82, 2.24) is 9.55 Å². The molecule has 1 aromatic heterocycles. The van der Waals surface area contributed by atoms with Crippen molar-refractivity contribution >= 4 is 27.3 Å². The summed E-state index contributed by atoms with van der Waals surface area (Å²) in [6.45, 7) is 0.392. The molecule has 126 valence electrons. The zero-order valence-corrected chi connectivity index (χ0v) is 14.7. The summed E-state index contributed by atoms with van der Waals surface area (Å²) in [5.74, 6) is 0.206. The minimum atomic E-state index is -0.784. The summed E-state index contributed by atoms with van der Waals surface area (Å²) in [5, 5.41) is 10.3. The highest BCUT2D eigenvalue weighted by molar-refractivity contribution is 9.10. The van der Waals surface area contributed by atoms with Crippen LogP contribution in [0.5, 0.6) is 0 Å². The van der Waals surface area contributed by atoms with Gasteiger partial charge >= 0.3 is 0 Å². The topological polar surface area (TPSA) is 70.2 Å². The molecule has 2 aromatic carbocycles. The van der Waals surface area contributed by atoms with E-state index in [-0.39, 0.29) is 5.76 Å². The summed E-state index contributed by atoms with van der Waals surface area (Å²) < 4.78 is 2.72. The largest absolute Gasteiger partial charge is 0.333 e. The lowest BCUT2D eigenvalue weighted by atomic mass is 10.0. The van der Waals surface area contributed by atoms with Crippen LogP contribution in [0.3, 0.4) is 0 Å². The first-order valence-electron chi connectivity index (χ1n) is 7.46. The van der Waals surface area contributed by atoms with Crippen molar-refractivity contribution in [3.8, 4) is 0 Å². The second-order valence-electron chi connectivity index (χ2n) is 5.23. The van der Waals surface area contributed by atoms with Gasteiger partial charge in [0.15, 0.2) is 0 Å². The standard InChI is InChI=1S/C18H14BrN3O3/c19-16-8-6-15(7-9-16)18(25-22(23)24)17(12-21-11-10-20-13-21)14-4-2-1-3-5-14/h1-11,13H,12H2. The molecule has 0 aliphatic carbocycles. The van der Waals surface area contributed by atoms with E-state index in [4.69, 9.17) is 4.84 Å². The molecule has 0 aliphatic heterocycles. The first kappa shape index (κ1) is 16.9. The molecule has 6 nitrogen and oxygen atoms in total. The number of rotatable bonds is 6. The van der Waals surface area contributed by atoms with Crippen molar-refractivity contribution in [2.45, 2.75) is 6.54 Å². The fraction of sp³-hybridized carbons (Fsp3) is 0.0556. The van der Waals surface area contributed by atoms with Crippen molar-refractivity contribution in [3.05, 3.63) is 99.0 Å². The number of allylic oxidation sites excluding steroid dienone is 1. The molecule has 0 aliphatic rings. The SMILES string of the molecule is O=[N+]([O-])OC(=C(Cn1ccnc1)c1ccccc1)c1ccc(Br)cc1. The Morgan fingerprint density at radius 2 is 1.84 bits per heavy atom. The van der Waals surface area contributed by atoms with Gasteiger partial charge in [0.1, 0.15) is 5.76 Å². The van der Waals surface area contributed by atoms with E-state index in [9.17, 15) is 10.1 Å². The van der Waals surface area contributed by atoms with Crippen LogP contribution in [0.2, 0.25) is 0 Å². The highest BCUT2D eigenvalue weighted by Gasteiger charge is 2.16. The van der Waals surface area contributed by atoms with E-state index in [0.29, 0.717) is 17.7 Å². The molecule has 0 fully saturated rings.